The Bertz CT molecular complexity index is 431. The zero-order valence-corrected chi connectivity index (χ0v) is 14.7. The molecule has 0 amide bonds. The van der Waals surface area contributed by atoms with Crippen LogP contribution in [-0.2, 0) is 9.47 Å². The highest BCUT2D eigenvalue weighted by Crippen LogP contribution is 2.28. The summed E-state index contributed by atoms with van der Waals surface area (Å²) >= 11 is 3.55. The zero-order valence-electron chi connectivity index (χ0n) is 13.1. The molecule has 1 N–H and O–H groups in total. The Morgan fingerprint density at radius 1 is 1.33 bits per heavy atom. The smallest absolute Gasteiger partial charge is 0.0953 e. The van der Waals surface area contributed by atoms with Crippen LogP contribution >= 0.6 is 15.9 Å². The molecule has 0 saturated carbocycles. The molecule has 0 aromatic heterocycles. The van der Waals surface area contributed by atoms with Gasteiger partial charge in [0.25, 0.3) is 0 Å². The molecule has 1 aromatic rings. The van der Waals surface area contributed by atoms with E-state index >= 15 is 0 Å². The van der Waals surface area contributed by atoms with Crippen LogP contribution in [0.1, 0.15) is 45.3 Å². The van der Waals surface area contributed by atoms with Crippen LogP contribution < -0.4 is 5.32 Å². The van der Waals surface area contributed by atoms with Crippen molar-refractivity contribution in [1.29, 1.82) is 0 Å². The van der Waals surface area contributed by atoms with Gasteiger partial charge in [-0.1, -0.05) is 35.0 Å². The first-order valence-corrected chi connectivity index (χ1v) is 8.64. The molecule has 1 saturated heterocycles. The predicted molar refractivity (Wildman–Crippen MR) is 89.5 cm³/mol. The molecule has 0 aliphatic carbocycles. The van der Waals surface area contributed by atoms with Crippen LogP contribution in [0.2, 0.25) is 0 Å². The van der Waals surface area contributed by atoms with Crippen molar-refractivity contribution in [2.45, 2.75) is 58.0 Å². The van der Waals surface area contributed by atoms with Crippen LogP contribution in [-0.4, -0.2) is 31.4 Å². The number of rotatable bonds is 6. The summed E-state index contributed by atoms with van der Waals surface area (Å²) < 4.78 is 13.3. The van der Waals surface area contributed by atoms with Gasteiger partial charge in [-0.2, -0.15) is 0 Å². The minimum absolute atomic E-state index is 0.0879. The van der Waals surface area contributed by atoms with Crippen LogP contribution in [0, 0.1) is 0 Å². The summed E-state index contributed by atoms with van der Waals surface area (Å²) in [7, 11) is 0. The first-order chi connectivity index (χ1) is 10.1. The Hall–Kier alpha value is -0.420. The van der Waals surface area contributed by atoms with Gasteiger partial charge >= 0.3 is 0 Å². The normalized spacial score (nSPS) is 27.5. The third-order valence-electron chi connectivity index (χ3n) is 3.81. The average molecular weight is 356 g/mol. The highest BCUT2D eigenvalue weighted by molar-refractivity contribution is 9.10. The Kier molecular flexibility index (Phi) is 6.68. The fraction of sp³-hybridized carbons (Fsp3) is 0.647. The number of hydrogen-bond acceptors (Lipinski definition) is 3. The third kappa shape index (κ3) is 5.37. The maximum absolute atomic E-state index is 6.41. The van der Waals surface area contributed by atoms with Crippen molar-refractivity contribution in [2.24, 2.45) is 0 Å². The van der Waals surface area contributed by atoms with Crippen LogP contribution in [0.15, 0.2) is 28.7 Å². The first kappa shape index (κ1) is 16.9. The van der Waals surface area contributed by atoms with Gasteiger partial charge in [-0.3, -0.25) is 0 Å². The molecule has 0 spiro atoms. The minimum Gasteiger partial charge on any atom is -0.375 e. The van der Waals surface area contributed by atoms with Gasteiger partial charge in [-0.25, -0.2) is 0 Å². The van der Waals surface area contributed by atoms with E-state index in [1.165, 1.54) is 5.56 Å². The highest BCUT2D eigenvalue weighted by Gasteiger charge is 2.27. The lowest BCUT2D eigenvalue weighted by molar-refractivity contribution is -0.122. The molecule has 1 heterocycles. The standard InChI is InChI=1S/C17H26BrNO2/c1-4-19-11-17(14-6-5-7-15(18)10-14)21-16-8-12(2)20-13(3)9-16/h5-7,10,12-13,16-17,19H,4,8-9,11H2,1-3H3. The monoisotopic (exact) mass is 355 g/mol. The third-order valence-corrected chi connectivity index (χ3v) is 4.30. The van der Waals surface area contributed by atoms with E-state index in [-0.39, 0.29) is 24.4 Å². The summed E-state index contributed by atoms with van der Waals surface area (Å²) in [6.07, 6.45) is 2.86. The van der Waals surface area contributed by atoms with Crippen molar-refractivity contribution in [3.63, 3.8) is 0 Å². The number of nitrogens with one attached hydrogen (secondary N) is 1. The molecular weight excluding hydrogens is 330 g/mol. The molecule has 118 valence electrons. The van der Waals surface area contributed by atoms with Crippen molar-refractivity contribution >= 4 is 15.9 Å². The van der Waals surface area contributed by atoms with E-state index in [1.54, 1.807) is 0 Å². The van der Waals surface area contributed by atoms with Gasteiger partial charge in [0.2, 0.25) is 0 Å². The lowest BCUT2D eigenvalue weighted by Crippen LogP contribution is -2.36. The number of benzene rings is 1. The number of likely N-dealkylation sites (N-methyl/N-ethyl adjacent to an activating group) is 1. The summed E-state index contributed by atoms with van der Waals surface area (Å²) in [5.41, 5.74) is 1.22. The van der Waals surface area contributed by atoms with Crippen molar-refractivity contribution in [1.82, 2.24) is 5.32 Å². The van der Waals surface area contributed by atoms with Gasteiger partial charge in [0, 0.05) is 11.0 Å². The maximum atomic E-state index is 6.41. The van der Waals surface area contributed by atoms with Crippen molar-refractivity contribution < 1.29 is 9.47 Å². The van der Waals surface area contributed by atoms with Crippen molar-refractivity contribution in [3.05, 3.63) is 34.3 Å². The SMILES string of the molecule is CCNCC(OC1CC(C)OC(C)C1)c1cccc(Br)c1. The van der Waals surface area contributed by atoms with Gasteiger partial charge in [0.1, 0.15) is 0 Å². The van der Waals surface area contributed by atoms with E-state index in [9.17, 15) is 0 Å². The quantitative estimate of drug-likeness (QED) is 0.833. The Balaban J connectivity index is 2.05. The van der Waals surface area contributed by atoms with Crippen molar-refractivity contribution in [3.8, 4) is 0 Å². The van der Waals surface area contributed by atoms with E-state index < -0.39 is 0 Å². The number of hydrogen-bond donors (Lipinski definition) is 1. The minimum atomic E-state index is 0.0879. The predicted octanol–water partition coefficient (Wildman–Crippen LogP) is 4.07. The van der Waals surface area contributed by atoms with Gasteiger partial charge in [-0.05, 0) is 50.9 Å². The molecule has 2 rings (SSSR count). The van der Waals surface area contributed by atoms with Crippen LogP contribution in [0.5, 0.6) is 0 Å². The molecule has 1 aliphatic rings. The molecule has 3 atom stereocenters. The molecule has 0 radical (unpaired) electrons. The highest BCUT2D eigenvalue weighted by atomic mass is 79.9. The van der Waals surface area contributed by atoms with E-state index in [0.717, 1.165) is 30.4 Å². The molecular formula is C17H26BrNO2. The van der Waals surface area contributed by atoms with Crippen LogP contribution in [0.25, 0.3) is 0 Å². The van der Waals surface area contributed by atoms with Crippen LogP contribution in [0.4, 0.5) is 0 Å². The van der Waals surface area contributed by atoms with Gasteiger partial charge in [0.15, 0.2) is 0 Å². The van der Waals surface area contributed by atoms with Gasteiger partial charge < -0.3 is 14.8 Å². The molecule has 21 heavy (non-hydrogen) atoms. The van der Waals surface area contributed by atoms with Gasteiger partial charge in [-0.15, -0.1) is 0 Å². The molecule has 1 aromatic carbocycles. The molecule has 1 fully saturated rings. The van der Waals surface area contributed by atoms with Crippen molar-refractivity contribution in [2.75, 3.05) is 13.1 Å². The summed E-state index contributed by atoms with van der Waals surface area (Å²) in [5.74, 6) is 0. The van der Waals surface area contributed by atoms with Gasteiger partial charge in [0.05, 0.1) is 24.4 Å². The molecule has 3 nitrogen and oxygen atoms in total. The largest absolute Gasteiger partial charge is 0.375 e. The fourth-order valence-corrected chi connectivity index (χ4v) is 3.33. The maximum Gasteiger partial charge on any atom is 0.0953 e. The Labute approximate surface area is 136 Å². The summed E-state index contributed by atoms with van der Waals surface area (Å²) in [4.78, 5) is 0. The fourth-order valence-electron chi connectivity index (χ4n) is 2.91. The second-order valence-electron chi connectivity index (χ2n) is 5.84. The molecule has 0 bridgehead atoms. The molecule has 4 heteroatoms. The lowest BCUT2D eigenvalue weighted by atomic mass is 10.0. The molecule has 3 unspecified atom stereocenters. The van der Waals surface area contributed by atoms with E-state index in [2.05, 4.69) is 60.2 Å². The Morgan fingerprint density at radius 3 is 2.67 bits per heavy atom. The summed E-state index contributed by atoms with van der Waals surface area (Å²) in [6.45, 7) is 8.17. The average Bonchev–Trinajstić information content (AvgIpc) is 2.42. The topological polar surface area (TPSA) is 30.5 Å². The van der Waals surface area contributed by atoms with E-state index in [0.29, 0.717) is 0 Å². The van der Waals surface area contributed by atoms with E-state index in [4.69, 9.17) is 9.47 Å². The second kappa shape index (κ2) is 8.28. The van der Waals surface area contributed by atoms with Crippen LogP contribution in [0.3, 0.4) is 0 Å². The Morgan fingerprint density at radius 2 is 2.05 bits per heavy atom. The van der Waals surface area contributed by atoms with E-state index in [1.807, 2.05) is 6.07 Å². The lowest BCUT2D eigenvalue weighted by Gasteiger charge is -2.34. The summed E-state index contributed by atoms with van der Waals surface area (Å²) in [6, 6.07) is 8.40. The number of ether oxygens (including phenoxy) is 2. The summed E-state index contributed by atoms with van der Waals surface area (Å²) in [5, 5.41) is 3.41. The first-order valence-electron chi connectivity index (χ1n) is 7.85. The zero-order chi connectivity index (χ0) is 15.2. The second-order valence-corrected chi connectivity index (χ2v) is 6.75. The molecule has 1 aliphatic heterocycles. The number of halogens is 1.